The van der Waals surface area contributed by atoms with Crippen molar-refractivity contribution in [2.24, 2.45) is 5.92 Å². The van der Waals surface area contributed by atoms with Crippen LogP contribution >= 0.6 is 0 Å². The van der Waals surface area contributed by atoms with Gasteiger partial charge in [-0.15, -0.1) is 0 Å². The van der Waals surface area contributed by atoms with E-state index in [0.29, 0.717) is 6.79 Å². The van der Waals surface area contributed by atoms with Crippen LogP contribution in [0.3, 0.4) is 0 Å². The zero-order chi connectivity index (χ0) is 15.4. The van der Waals surface area contributed by atoms with E-state index in [1.54, 1.807) is 0 Å². The van der Waals surface area contributed by atoms with Gasteiger partial charge in [-0.2, -0.15) is 0 Å². The van der Waals surface area contributed by atoms with Gasteiger partial charge in [0.1, 0.15) is 0 Å². The lowest BCUT2D eigenvalue weighted by molar-refractivity contribution is 0.0498. The van der Waals surface area contributed by atoms with Gasteiger partial charge in [-0.05, 0) is 49.4 Å². The minimum absolute atomic E-state index is 0.149. The first kappa shape index (κ1) is 15.6. The molecular weight excluding hydrogens is 278 g/mol. The second kappa shape index (κ2) is 6.88. The van der Waals surface area contributed by atoms with E-state index in [4.69, 9.17) is 14.2 Å². The van der Waals surface area contributed by atoms with Crippen LogP contribution in [0.25, 0.3) is 0 Å². The van der Waals surface area contributed by atoms with Gasteiger partial charge in [0.05, 0.1) is 0 Å². The number of benzene rings is 1. The zero-order valence-corrected chi connectivity index (χ0v) is 13.7. The van der Waals surface area contributed by atoms with E-state index in [1.165, 1.54) is 12.0 Å². The van der Waals surface area contributed by atoms with Crippen LogP contribution in [-0.2, 0) is 10.2 Å². The Labute approximate surface area is 133 Å². The summed E-state index contributed by atoms with van der Waals surface area (Å²) in [6.45, 7) is 8.61. The molecular formula is C18H27NO3. The highest BCUT2D eigenvalue weighted by Crippen LogP contribution is 2.40. The standard InChI is InChI=1S/C18H27NO3/c1-14(2)5-8-19-12-18(6-9-20-10-7-18)15-3-4-16-17(11-15)22-13-21-16/h3-4,11,14,19H,5-10,12-13H2,1-2H3. The maximum atomic E-state index is 5.60. The second-order valence-electron chi connectivity index (χ2n) is 6.82. The van der Waals surface area contributed by atoms with Crippen LogP contribution in [0.5, 0.6) is 11.5 Å². The average Bonchev–Trinajstić information content (AvgIpc) is 3.00. The summed E-state index contributed by atoms with van der Waals surface area (Å²) in [6.07, 6.45) is 3.33. The third-order valence-electron chi connectivity index (χ3n) is 4.80. The maximum Gasteiger partial charge on any atom is 0.231 e. The Morgan fingerprint density at radius 2 is 1.91 bits per heavy atom. The van der Waals surface area contributed by atoms with Crippen LogP contribution in [0.1, 0.15) is 38.7 Å². The molecule has 22 heavy (non-hydrogen) atoms. The van der Waals surface area contributed by atoms with Crippen molar-refractivity contribution in [3.63, 3.8) is 0 Å². The molecule has 4 nitrogen and oxygen atoms in total. The van der Waals surface area contributed by atoms with Crippen LogP contribution in [0.2, 0.25) is 0 Å². The van der Waals surface area contributed by atoms with Crippen molar-refractivity contribution in [2.45, 2.75) is 38.5 Å². The summed E-state index contributed by atoms with van der Waals surface area (Å²) in [5, 5.41) is 3.67. The summed E-state index contributed by atoms with van der Waals surface area (Å²) in [4.78, 5) is 0. The highest BCUT2D eigenvalue weighted by Gasteiger charge is 2.35. The van der Waals surface area contributed by atoms with Gasteiger partial charge in [-0.25, -0.2) is 0 Å². The number of nitrogens with one attached hydrogen (secondary N) is 1. The van der Waals surface area contributed by atoms with Crippen molar-refractivity contribution in [2.75, 3.05) is 33.1 Å². The molecule has 2 aliphatic heterocycles. The summed E-state index contributed by atoms with van der Waals surface area (Å²) in [5.41, 5.74) is 1.49. The van der Waals surface area contributed by atoms with Crippen molar-refractivity contribution in [1.82, 2.24) is 5.32 Å². The number of ether oxygens (including phenoxy) is 3. The summed E-state index contributed by atoms with van der Waals surface area (Å²) < 4.78 is 16.6. The molecule has 0 radical (unpaired) electrons. The fourth-order valence-corrected chi connectivity index (χ4v) is 3.27. The SMILES string of the molecule is CC(C)CCNCC1(c2ccc3c(c2)OCO3)CCOCC1. The monoisotopic (exact) mass is 305 g/mol. The Balaban J connectivity index is 1.73. The smallest absolute Gasteiger partial charge is 0.231 e. The van der Waals surface area contributed by atoms with E-state index in [1.807, 2.05) is 6.07 Å². The van der Waals surface area contributed by atoms with Gasteiger partial charge in [0.25, 0.3) is 0 Å². The molecule has 1 aromatic carbocycles. The molecule has 0 aromatic heterocycles. The first-order chi connectivity index (χ1) is 10.7. The molecule has 1 fully saturated rings. The lowest BCUT2D eigenvalue weighted by Gasteiger charge is -2.38. The molecule has 0 spiro atoms. The molecule has 1 aromatic rings. The molecule has 0 aliphatic carbocycles. The van der Waals surface area contributed by atoms with Gasteiger partial charge in [-0.3, -0.25) is 0 Å². The predicted octanol–water partition coefficient (Wildman–Crippen LogP) is 3.10. The van der Waals surface area contributed by atoms with E-state index in [9.17, 15) is 0 Å². The largest absolute Gasteiger partial charge is 0.454 e. The summed E-state index contributed by atoms with van der Waals surface area (Å²) in [7, 11) is 0. The molecule has 4 heteroatoms. The van der Waals surface area contributed by atoms with Crippen LogP contribution in [0.15, 0.2) is 18.2 Å². The van der Waals surface area contributed by atoms with Crippen LogP contribution in [0.4, 0.5) is 0 Å². The van der Waals surface area contributed by atoms with Crippen molar-refractivity contribution in [3.8, 4) is 11.5 Å². The fourth-order valence-electron chi connectivity index (χ4n) is 3.27. The van der Waals surface area contributed by atoms with Gasteiger partial charge in [0.2, 0.25) is 6.79 Å². The van der Waals surface area contributed by atoms with E-state index < -0.39 is 0 Å². The molecule has 122 valence electrons. The minimum Gasteiger partial charge on any atom is -0.454 e. The molecule has 0 atom stereocenters. The molecule has 0 unspecified atom stereocenters. The summed E-state index contributed by atoms with van der Waals surface area (Å²) in [6, 6.07) is 6.41. The molecule has 1 N–H and O–H groups in total. The lowest BCUT2D eigenvalue weighted by Crippen LogP contribution is -2.43. The minimum atomic E-state index is 0.149. The normalized spacial score (nSPS) is 19.6. The number of hydrogen-bond acceptors (Lipinski definition) is 4. The van der Waals surface area contributed by atoms with Crippen molar-refractivity contribution in [3.05, 3.63) is 23.8 Å². The van der Waals surface area contributed by atoms with Gasteiger partial charge in [0.15, 0.2) is 11.5 Å². The first-order valence-electron chi connectivity index (χ1n) is 8.38. The molecule has 2 aliphatic rings. The molecule has 0 amide bonds. The van der Waals surface area contributed by atoms with Gasteiger partial charge in [-0.1, -0.05) is 19.9 Å². The second-order valence-corrected chi connectivity index (χ2v) is 6.82. The van der Waals surface area contributed by atoms with Crippen molar-refractivity contribution in [1.29, 1.82) is 0 Å². The molecule has 2 heterocycles. The Bertz CT molecular complexity index is 495. The predicted molar refractivity (Wildman–Crippen MR) is 86.6 cm³/mol. The van der Waals surface area contributed by atoms with Gasteiger partial charge >= 0.3 is 0 Å². The fraction of sp³-hybridized carbons (Fsp3) is 0.667. The van der Waals surface area contributed by atoms with E-state index in [2.05, 4.69) is 31.3 Å². The van der Waals surface area contributed by atoms with Gasteiger partial charge < -0.3 is 19.5 Å². The van der Waals surface area contributed by atoms with E-state index in [0.717, 1.165) is 56.6 Å². The highest BCUT2D eigenvalue weighted by atomic mass is 16.7. The van der Waals surface area contributed by atoms with Crippen molar-refractivity contribution >= 4 is 0 Å². The van der Waals surface area contributed by atoms with Gasteiger partial charge in [0, 0.05) is 25.2 Å². The Hall–Kier alpha value is -1.26. The molecule has 3 rings (SSSR count). The maximum absolute atomic E-state index is 5.60. The van der Waals surface area contributed by atoms with Crippen LogP contribution in [0, 0.1) is 5.92 Å². The molecule has 1 saturated heterocycles. The van der Waals surface area contributed by atoms with Crippen LogP contribution < -0.4 is 14.8 Å². The van der Waals surface area contributed by atoms with E-state index >= 15 is 0 Å². The Kier molecular flexibility index (Phi) is 4.89. The highest BCUT2D eigenvalue weighted by molar-refractivity contribution is 5.47. The number of fused-ring (bicyclic) bond motifs is 1. The number of hydrogen-bond donors (Lipinski definition) is 1. The quantitative estimate of drug-likeness (QED) is 0.820. The van der Waals surface area contributed by atoms with Crippen molar-refractivity contribution < 1.29 is 14.2 Å². The van der Waals surface area contributed by atoms with E-state index in [-0.39, 0.29) is 5.41 Å². The van der Waals surface area contributed by atoms with Crippen LogP contribution in [-0.4, -0.2) is 33.1 Å². The third-order valence-corrected chi connectivity index (χ3v) is 4.80. The topological polar surface area (TPSA) is 39.7 Å². The zero-order valence-electron chi connectivity index (χ0n) is 13.7. The molecule has 0 saturated carbocycles. The summed E-state index contributed by atoms with van der Waals surface area (Å²) in [5.74, 6) is 2.48. The Morgan fingerprint density at radius 1 is 1.14 bits per heavy atom. The first-order valence-corrected chi connectivity index (χ1v) is 8.38. The Morgan fingerprint density at radius 3 is 2.68 bits per heavy atom. The molecule has 0 bridgehead atoms. The third kappa shape index (κ3) is 3.39. The summed E-state index contributed by atoms with van der Waals surface area (Å²) >= 11 is 0. The average molecular weight is 305 g/mol. The lowest BCUT2D eigenvalue weighted by atomic mass is 9.74. The number of rotatable bonds is 6.